The summed E-state index contributed by atoms with van der Waals surface area (Å²) in [6.45, 7) is 13.9. The van der Waals surface area contributed by atoms with Crippen LogP contribution in [0.2, 0.25) is 5.04 Å². The molecule has 0 aromatic heterocycles. The van der Waals surface area contributed by atoms with Crippen LogP contribution in [0.1, 0.15) is 52.7 Å². The molecule has 0 amide bonds. The van der Waals surface area contributed by atoms with Gasteiger partial charge in [-0.25, -0.2) is 0 Å². The molecular weight excluding hydrogens is 476 g/mol. The third-order valence-electron chi connectivity index (χ3n) is 6.06. The number of phenols is 1. The average molecular weight is 512 g/mol. The van der Waals surface area contributed by atoms with Crippen molar-refractivity contribution in [1.29, 1.82) is 0 Å². The van der Waals surface area contributed by atoms with Crippen LogP contribution in [-0.4, -0.2) is 20.0 Å². The van der Waals surface area contributed by atoms with Gasteiger partial charge in [0.15, 0.2) is 0 Å². The zero-order valence-corrected chi connectivity index (χ0v) is 22.7. The largest absolute Gasteiger partial charge is 0.506 e. The number of phenolic OH excluding ortho intramolecular Hbond substituents is 1. The maximum Gasteiger partial charge on any atom is 0.261 e. The van der Waals surface area contributed by atoms with Crippen molar-refractivity contribution in [3.05, 3.63) is 88.4 Å². The fourth-order valence-electron chi connectivity index (χ4n) is 4.45. The highest BCUT2D eigenvalue weighted by Crippen LogP contribution is 2.38. The summed E-state index contributed by atoms with van der Waals surface area (Å²) in [6.07, 6.45) is 0.784. The van der Waals surface area contributed by atoms with Gasteiger partial charge in [-0.2, -0.15) is 0 Å². The Kier molecular flexibility index (Phi) is 7.38. The molecule has 1 N–H and O–H groups in total. The van der Waals surface area contributed by atoms with Gasteiger partial charge in [-0.15, -0.1) is 0 Å². The summed E-state index contributed by atoms with van der Waals surface area (Å²) < 4.78 is 7.77. The second kappa shape index (κ2) is 9.54. The van der Waals surface area contributed by atoms with Crippen molar-refractivity contribution >= 4 is 34.6 Å². The Balaban J connectivity index is 1.99. The van der Waals surface area contributed by atoms with Crippen LogP contribution in [0.15, 0.2) is 77.3 Å². The van der Waals surface area contributed by atoms with Crippen LogP contribution in [0.25, 0.3) is 0 Å². The number of hydrogen-bond acceptors (Lipinski definition) is 2. The Morgan fingerprint density at radius 2 is 1.31 bits per heavy atom. The number of hydrogen-bond donors (Lipinski definition) is 1. The third-order valence-corrected chi connectivity index (χ3v) is 11.7. The molecule has 0 atom stereocenters. The van der Waals surface area contributed by atoms with Gasteiger partial charge in [0.05, 0.1) is 4.47 Å². The number of halogens is 1. The summed E-state index contributed by atoms with van der Waals surface area (Å²) >= 11 is 3.54. The molecule has 0 aliphatic rings. The number of benzene rings is 3. The summed E-state index contributed by atoms with van der Waals surface area (Å²) in [5.41, 5.74) is 1.98. The fraction of sp³-hybridized carbons (Fsp3) is 0.357. The molecule has 3 rings (SSSR count). The van der Waals surface area contributed by atoms with Crippen molar-refractivity contribution in [1.82, 2.24) is 0 Å². The predicted octanol–water partition coefficient (Wildman–Crippen LogP) is 6.57. The summed E-state index contributed by atoms with van der Waals surface area (Å²) in [5, 5.41) is 13.1. The van der Waals surface area contributed by atoms with Crippen LogP contribution in [0.3, 0.4) is 0 Å². The Labute approximate surface area is 202 Å². The fourth-order valence-corrected chi connectivity index (χ4v) is 9.53. The lowest BCUT2D eigenvalue weighted by Crippen LogP contribution is -2.66. The van der Waals surface area contributed by atoms with Gasteiger partial charge in [-0.1, -0.05) is 108 Å². The molecule has 3 aromatic carbocycles. The van der Waals surface area contributed by atoms with E-state index < -0.39 is 8.32 Å². The minimum Gasteiger partial charge on any atom is -0.506 e. The molecule has 0 bridgehead atoms. The smallest absolute Gasteiger partial charge is 0.261 e. The second-order valence-corrected chi connectivity index (χ2v) is 15.6. The van der Waals surface area contributed by atoms with Gasteiger partial charge in [0.1, 0.15) is 5.75 Å². The van der Waals surface area contributed by atoms with Crippen molar-refractivity contribution < 1.29 is 9.53 Å². The van der Waals surface area contributed by atoms with Crippen LogP contribution in [0, 0.1) is 0 Å². The van der Waals surface area contributed by atoms with E-state index in [1.807, 2.05) is 6.07 Å². The molecule has 0 fully saturated rings. The molecule has 0 saturated heterocycles. The van der Waals surface area contributed by atoms with E-state index in [2.05, 4.69) is 124 Å². The molecule has 0 saturated carbocycles. The molecule has 0 aliphatic heterocycles. The zero-order valence-electron chi connectivity index (χ0n) is 20.1. The van der Waals surface area contributed by atoms with E-state index >= 15 is 0 Å². The Bertz CT molecular complexity index is 995. The summed E-state index contributed by atoms with van der Waals surface area (Å²) in [6, 6.07) is 25.6. The first-order valence-corrected chi connectivity index (χ1v) is 13.9. The lowest BCUT2D eigenvalue weighted by atomic mass is 9.85. The zero-order chi connectivity index (χ0) is 23.6. The Hall–Kier alpha value is -1.88. The van der Waals surface area contributed by atoms with E-state index in [9.17, 15) is 5.11 Å². The summed E-state index contributed by atoms with van der Waals surface area (Å²) in [7, 11) is -2.54. The van der Waals surface area contributed by atoms with E-state index in [1.165, 1.54) is 10.4 Å². The second-order valence-electron chi connectivity index (χ2n) is 10.5. The number of rotatable bonds is 6. The maximum absolute atomic E-state index is 10.5. The van der Waals surface area contributed by atoms with E-state index in [0.29, 0.717) is 12.4 Å². The predicted molar refractivity (Wildman–Crippen MR) is 142 cm³/mol. The van der Waals surface area contributed by atoms with Gasteiger partial charge in [-0.05, 0) is 54.8 Å². The molecular formula is C28H35BrO2Si. The highest BCUT2D eigenvalue weighted by atomic mass is 79.9. The first kappa shape index (κ1) is 24.8. The Morgan fingerprint density at radius 1 is 0.812 bits per heavy atom. The molecule has 32 heavy (non-hydrogen) atoms. The van der Waals surface area contributed by atoms with Gasteiger partial charge < -0.3 is 9.53 Å². The van der Waals surface area contributed by atoms with Gasteiger partial charge in [0.25, 0.3) is 8.32 Å². The minimum atomic E-state index is -2.54. The molecule has 2 nitrogen and oxygen atoms in total. The minimum absolute atomic E-state index is 0.0399. The monoisotopic (exact) mass is 510 g/mol. The quantitative estimate of drug-likeness (QED) is 0.379. The average Bonchev–Trinajstić information content (AvgIpc) is 2.73. The lowest BCUT2D eigenvalue weighted by Gasteiger charge is -2.43. The van der Waals surface area contributed by atoms with E-state index in [4.69, 9.17) is 4.43 Å². The van der Waals surface area contributed by atoms with Crippen LogP contribution >= 0.6 is 15.9 Å². The van der Waals surface area contributed by atoms with Crippen molar-refractivity contribution in [3.63, 3.8) is 0 Å². The van der Waals surface area contributed by atoms with Gasteiger partial charge in [0.2, 0.25) is 0 Å². The first-order chi connectivity index (χ1) is 15.0. The lowest BCUT2D eigenvalue weighted by molar-refractivity contribution is 0.301. The van der Waals surface area contributed by atoms with Crippen molar-refractivity contribution in [2.75, 3.05) is 6.61 Å². The Morgan fingerprint density at radius 3 is 1.75 bits per heavy atom. The van der Waals surface area contributed by atoms with E-state index in [1.54, 1.807) is 0 Å². The summed E-state index contributed by atoms with van der Waals surface area (Å²) in [5.74, 6) is 0.328. The van der Waals surface area contributed by atoms with Crippen LogP contribution < -0.4 is 10.4 Å². The molecule has 0 heterocycles. The van der Waals surface area contributed by atoms with Crippen molar-refractivity contribution in [2.24, 2.45) is 0 Å². The van der Waals surface area contributed by atoms with Crippen LogP contribution in [0.5, 0.6) is 5.75 Å². The normalized spacial score (nSPS) is 12.7. The highest BCUT2D eigenvalue weighted by Gasteiger charge is 2.49. The van der Waals surface area contributed by atoms with E-state index in [0.717, 1.165) is 22.0 Å². The van der Waals surface area contributed by atoms with Crippen molar-refractivity contribution in [2.45, 2.75) is 58.4 Å². The summed E-state index contributed by atoms with van der Waals surface area (Å²) in [4.78, 5) is 0. The molecule has 0 unspecified atom stereocenters. The topological polar surface area (TPSA) is 29.5 Å². The van der Waals surface area contributed by atoms with Gasteiger partial charge in [-0.3, -0.25) is 0 Å². The third kappa shape index (κ3) is 5.03. The SMILES string of the molecule is CC(C)(C)c1cc(CCO[Si](c2ccccc2)(c2ccccc2)C(C)(C)C)cc(Br)c1O. The van der Waals surface area contributed by atoms with Crippen LogP contribution in [-0.2, 0) is 16.3 Å². The molecule has 0 radical (unpaired) electrons. The van der Waals surface area contributed by atoms with Crippen LogP contribution in [0.4, 0.5) is 0 Å². The standard InChI is InChI=1S/C28H35BrO2Si/c1-27(2,3)24-19-21(20-25(29)26(24)30)17-18-31-32(28(4,5)6,22-13-9-7-10-14-22)23-15-11-8-12-16-23/h7-16,19-20,30H,17-18H2,1-6H3. The van der Waals surface area contributed by atoms with Gasteiger partial charge >= 0.3 is 0 Å². The molecule has 0 aliphatic carbocycles. The molecule has 3 aromatic rings. The first-order valence-electron chi connectivity index (χ1n) is 11.2. The molecule has 0 spiro atoms. The van der Waals surface area contributed by atoms with Crippen molar-refractivity contribution in [3.8, 4) is 5.75 Å². The van der Waals surface area contributed by atoms with E-state index in [-0.39, 0.29) is 10.5 Å². The molecule has 170 valence electrons. The highest BCUT2D eigenvalue weighted by molar-refractivity contribution is 9.10. The molecule has 4 heteroatoms. The maximum atomic E-state index is 10.5. The van der Waals surface area contributed by atoms with Gasteiger partial charge in [0, 0.05) is 12.2 Å². The number of aromatic hydroxyl groups is 1.